The smallest absolute Gasteiger partial charge is 0.266 e. The van der Waals surface area contributed by atoms with Crippen molar-refractivity contribution in [2.45, 2.75) is 6.61 Å². The van der Waals surface area contributed by atoms with Crippen LogP contribution in [0.2, 0.25) is 10.0 Å². The molecule has 3 aromatic carbocycles. The van der Waals surface area contributed by atoms with E-state index >= 15 is 0 Å². The first-order chi connectivity index (χ1) is 14.4. The van der Waals surface area contributed by atoms with Crippen LogP contribution >= 0.6 is 23.2 Å². The predicted molar refractivity (Wildman–Crippen MR) is 118 cm³/mol. The summed E-state index contributed by atoms with van der Waals surface area (Å²) in [6, 6.07) is 20.0. The second-order valence-corrected chi connectivity index (χ2v) is 7.11. The van der Waals surface area contributed by atoms with Gasteiger partial charge < -0.3 is 15.2 Å². The topological polar surface area (TPSA) is 82.3 Å². The first-order valence-electron chi connectivity index (χ1n) is 8.83. The van der Waals surface area contributed by atoms with Crippen LogP contribution in [0.4, 0.5) is 5.69 Å². The van der Waals surface area contributed by atoms with Gasteiger partial charge in [0.05, 0.1) is 0 Å². The van der Waals surface area contributed by atoms with Crippen molar-refractivity contribution in [1.82, 2.24) is 0 Å². The second kappa shape index (κ2) is 9.84. The Balaban J connectivity index is 1.65. The zero-order valence-corrected chi connectivity index (χ0v) is 17.1. The average molecular weight is 439 g/mol. The zero-order valence-electron chi connectivity index (χ0n) is 15.6. The molecule has 0 heterocycles. The van der Waals surface area contributed by atoms with Crippen LogP contribution in [0.15, 0.2) is 72.3 Å². The second-order valence-electron chi connectivity index (χ2n) is 6.26. The molecule has 5 nitrogen and oxygen atoms in total. The molecule has 0 aliphatic carbocycles. The van der Waals surface area contributed by atoms with Gasteiger partial charge in [0.25, 0.3) is 5.91 Å². The number of ether oxygens (including phenoxy) is 1. The van der Waals surface area contributed by atoms with Gasteiger partial charge in [0.15, 0.2) is 0 Å². The van der Waals surface area contributed by atoms with Crippen molar-refractivity contribution in [2.24, 2.45) is 0 Å². The third-order valence-corrected chi connectivity index (χ3v) is 4.68. The molecule has 0 saturated carbocycles. The molecule has 0 spiro atoms. The molecule has 0 fully saturated rings. The van der Waals surface area contributed by atoms with Crippen LogP contribution in [0, 0.1) is 11.3 Å². The van der Waals surface area contributed by atoms with Crippen LogP contribution in [-0.2, 0) is 11.4 Å². The van der Waals surface area contributed by atoms with Crippen molar-refractivity contribution in [3.05, 3.63) is 93.5 Å². The van der Waals surface area contributed by atoms with E-state index in [2.05, 4.69) is 5.32 Å². The molecule has 2 N–H and O–H groups in total. The Bertz CT molecular complexity index is 1120. The molecule has 7 heteroatoms. The van der Waals surface area contributed by atoms with Gasteiger partial charge in [0, 0.05) is 21.3 Å². The lowest BCUT2D eigenvalue weighted by Gasteiger charge is -2.08. The molecule has 150 valence electrons. The maximum absolute atomic E-state index is 12.3. The summed E-state index contributed by atoms with van der Waals surface area (Å²) < 4.78 is 5.72. The fraction of sp³-hybridized carbons (Fsp3) is 0.0435. The van der Waals surface area contributed by atoms with Gasteiger partial charge >= 0.3 is 0 Å². The van der Waals surface area contributed by atoms with Crippen molar-refractivity contribution < 1.29 is 14.6 Å². The molecule has 0 unspecified atom stereocenters. The SMILES string of the molecule is N#CC(=Cc1ccc(OCc2ccc(Cl)cc2Cl)cc1)C(=O)Nc1ccc(O)cc1. The van der Waals surface area contributed by atoms with Crippen LogP contribution in [0.25, 0.3) is 6.08 Å². The summed E-state index contributed by atoms with van der Waals surface area (Å²) in [6.07, 6.45) is 1.48. The molecular formula is C23H16Cl2N2O3. The molecule has 0 radical (unpaired) electrons. The van der Waals surface area contributed by atoms with Gasteiger partial charge in [-0.3, -0.25) is 4.79 Å². The van der Waals surface area contributed by atoms with Crippen molar-refractivity contribution in [3.8, 4) is 17.6 Å². The lowest BCUT2D eigenvalue weighted by atomic mass is 10.1. The third-order valence-electron chi connectivity index (χ3n) is 4.09. The molecule has 0 bridgehead atoms. The molecular weight excluding hydrogens is 423 g/mol. The van der Waals surface area contributed by atoms with Crippen LogP contribution in [-0.4, -0.2) is 11.0 Å². The molecule has 0 aromatic heterocycles. The van der Waals surface area contributed by atoms with Crippen LogP contribution in [0.5, 0.6) is 11.5 Å². The molecule has 0 saturated heterocycles. The fourth-order valence-electron chi connectivity index (χ4n) is 2.52. The molecule has 3 aromatic rings. The molecule has 0 aliphatic rings. The summed E-state index contributed by atoms with van der Waals surface area (Å²) in [5.74, 6) is 0.163. The van der Waals surface area contributed by atoms with Gasteiger partial charge in [-0.1, -0.05) is 41.4 Å². The number of aromatic hydroxyl groups is 1. The number of hydrogen-bond acceptors (Lipinski definition) is 4. The monoisotopic (exact) mass is 438 g/mol. The number of nitrogens with zero attached hydrogens (tertiary/aromatic N) is 1. The lowest BCUT2D eigenvalue weighted by molar-refractivity contribution is -0.112. The Morgan fingerprint density at radius 2 is 1.77 bits per heavy atom. The lowest BCUT2D eigenvalue weighted by Crippen LogP contribution is -2.13. The Morgan fingerprint density at radius 3 is 2.40 bits per heavy atom. The highest BCUT2D eigenvalue weighted by atomic mass is 35.5. The number of anilines is 1. The van der Waals surface area contributed by atoms with Crippen molar-refractivity contribution in [3.63, 3.8) is 0 Å². The van der Waals surface area contributed by atoms with Gasteiger partial charge in [-0.15, -0.1) is 0 Å². The predicted octanol–water partition coefficient (Wildman–Crippen LogP) is 5.82. The first-order valence-corrected chi connectivity index (χ1v) is 9.59. The van der Waals surface area contributed by atoms with E-state index in [1.807, 2.05) is 6.07 Å². The van der Waals surface area contributed by atoms with E-state index in [0.29, 0.717) is 27.0 Å². The van der Waals surface area contributed by atoms with E-state index in [9.17, 15) is 15.2 Å². The number of amides is 1. The van der Waals surface area contributed by atoms with Gasteiger partial charge in [0.1, 0.15) is 29.7 Å². The normalized spacial score (nSPS) is 10.9. The number of hydrogen-bond donors (Lipinski definition) is 2. The van der Waals surface area contributed by atoms with Gasteiger partial charge in [0.2, 0.25) is 0 Å². The maximum atomic E-state index is 12.3. The van der Waals surface area contributed by atoms with Gasteiger partial charge in [-0.05, 0) is 60.2 Å². The Morgan fingerprint density at radius 1 is 1.07 bits per heavy atom. The number of rotatable bonds is 6. The number of phenols is 1. The summed E-state index contributed by atoms with van der Waals surface area (Å²) >= 11 is 12.0. The quantitative estimate of drug-likeness (QED) is 0.288. The van der Waals surface area contributed by atoms with E-state index in [4.69, 9.17) is 27.9 Å². The van der Waals surface area contributed by atoms with Crippen molar-refractivity contribution in [2.75, 3.05) is 5.32 Å². The van der Waals surface area contributed by atoms with E-state index in [1.54, 1.807) is 54.6 Å². The zero-order chi connectivity index (χ0) is 21.5. The number of phenolic OH excluding ortho intramolecular Hbond substituents is 1. The summed E-state index contributed by atoms with van der Waals surface area (Å²) in [5, 5.41) is 22.3. The maximum Gasteiger partial charge on any atom is 0.266 e. The number of nitrogens with one attached hydrogen (secondary N) is 1. The fourth-order valence-corrected chi connectivity index (χ4v) is 2.98. The van der Waals surface area contributed by atoms with Crippen LogP contribution < -0.4 is 10.1 Å². The Labute approximate surface area is 183 Å². The molecule has 0 aliphatic heterocycles. The minimum atomic E-state index is -0.541. The van der Waals surface area contributed by atoms with Gasteiger partial charge in [-0.2, -0.15) is 5.26 Å². The Kier molecular flexibility index (Phi) is 6.97. The number of carbonyl (C=O) groups excluding carboxylic acids is 1. The van der Waals surface area contributed by atoms with Crippen LogP contribution in [0.3, 0.4) is 0 Å². The highest BCUT2D eigenvalue weighted by Crippen LogP contribution is 2.23. The van der Waals surface area contributed by atoms with E-state index in [0.717, 1.165) is 5.56 Å². The Hall–Kier alpha value is -3.46. The number of nitriles is 1. The number of benzene rings is 3. The highest BCUT2D eigenvalue weighted by Gasteiger charge is 2.10. The number of halogens is 2. The van der Waals surface area contributed by atoms with Gasteiger partial charge in [-0.25, -0.2) is 0 Å². The first kappa shape index (κ1) is 21.3. The number of carbonyl (C=O) groups is 1. The summed E-state index contributed by atoms with van der Waals surface area (Å²) in [5.41, 5.74) is 1.90. The van der Waals surface area contributed by atoms with E-state index in [1.165, 1.54) is 18.2 Å². The molecule has 1 amide bonds. The standard InChI is InChI=1S/C23H16Cl2N2O3/c24-18-4-3-16(22(25)12-18)14-30-21-9-1-15(2-10-21)11-17(13-26)23(29)27-19-5-7-20(28)8-6-19/h1-12,28H,14H2,(H,27,29). The van der Waals surface area contributed by atoms with E-state index < -0.39 is 5.91 Å². The average Bonchev–Trinajstić information content (AvgIpc) is 2.74. The van der Waals surface area contributed by atoms with E-state index in [-0.39, 0.29) is 17.9 Å². The minimum Gasteiger partial charge on any atom is -0.508 e. The highest BCUT2D eigenvalue weighted by molar-refractivity contribution is 6.35. The summed E-state index contributed by atoms with van der Waals surface area (Å²) in [6.45, 7) is 0.281. The summed E-state index contributed by atoms with van der Waals surface area (Å²) in [4.78, 5) is 12.3. The minimum absolute atomic E-state index is 0.0512. The molecule has 3 rings (SSSR count). The van der Waals surface area contributed by atoms with Crippen molar-refractivity contribution in [1.29, 1.82) is 5.26 Å². The third kappa shape index (κ3) is 5.77. The summed E-state index contributed by atoms with van der Waals surface area (Å²) in [7, 11) is 0. The van der Waals surface area contributed by atoms with Crippen LogP contribution in [0.1, 0.15) is 11.1 Å². The van der Waals surface area contributed by atoms with Crippen molar-refractivity contribution >= 4 is 40.9 Å². The largest absolute Gasteiger partial charge is 0.508 e. The molecule has 30 heavy (non-hydrogen) atoms. The molecule has 0 atom stereocenters.